The third-order valence-corrected chi connectivity index (χ3v) is 14.9. The molecule has 0 atom stereocenters. The maximum absolute atomic E-state index is 12.5. The average molecular weight is 944 g/mol. The van der Waals surface area contributed by atoms with Crippen LogP contribution < -0.4 is 9.47 Å². The second kappa shape index (κ2) is 49.7. The molecule has 0 fully saturated rings. The van der Waals surface area contributed by atoms with Crippen LogP contribution in [0.1, 0.15) is 333 Å². The van der Waals surface area contributed by atoms with Gasteiger partial charge in [-0.25, -0.2) is 4.79 Å². The van der Waals surface area contributed by atoms with Crippen LogP contribution in [-0.2, 0) is 12.8 Å². The minimum absolute atomic E-state index is 0.533. The summed E-state index contributed by atoms with van der Waals surface area (Å²) in [6, 6.07) is 15.9. The lowest BCUT2D eigenvalue weighted by molar-refractivity contribution is 0.152. The van der Waals surface area contributed by atoms with Crippen LogP contribution in [-0.4, -0.2) is 6.16 Å². The minimum Gasteiger partial charge on any atom is -0.395 e. The fraction of sp³-hybridized carbons (Fsp3) is 0.800. The molecule has 68 heavy (non-hydrogen) atoms. The van der Waals surface area contributed by atoms with Crippen molar-refractivity contribution >= 4 is 6.16 Å². The summed E-state index contributed by atoms with van der Waals surface area (Å²) in [4.78, 5) is 12.5. The average Bonchev–Trinajstić information content (AvgIpc) is 3.35. The predicted octanol–water partition coefficient (Wildman–Crippen LogP) is 23.1. The monoisotopic (exact) mass is 943 g/mol. The van der Waals surface area contributed by atoms with E-state index in [0.717, 1.165) is 12.8 Å². The van der Waals surface area contributed by atoms with Gasteiger partial charge in [0, 0.05) is 0 Å². The number of carbonyl (C=O) groups is 1. The summed E-state index contributed by atoms with van der Waals surface area (Å²) in [5.74, 6) is 1.07. The second-order valence-electron chi connectivity index (χ2n) is 21.5. The maximum Gasteiger partial charge on any atom is 0.519 e. The third kappa shape index (κ3) is 41.5. The van der Waals surface area contributed by atoms with Crippen molar-refractivity contribution < 1.29 is 14.3 Å². The Morgan fingerprint density at radius 3 is 0.588 bits per heavy atom. The summed E-state index contributed by atoms with van der Waals surface area (Å²) in [6.07, 6.45) is 69.7. The van der Waals surface area contributed by atoms with Gasteiger partial charge in [0.1, 0.15) is 11.5 Å². The first-order valence-corrected chi connectivity index (χ1v) is 30.8. The lowest BCUT2D eigenvalue weighted by atomic mass is 10.0. The van der Waals surface area contributed by atoms with E-state index < -0.39 is 6.16 Å². The highest BCUT2D eigenvalue weighted by Gasteiger charge is 2.09. The van der Waals surface area contributed by atoms with Crippen molar-refractivity contribution in [3.05, 3.63) is 59.7 Å². The van der Waals surface area contributed by atoms with Gasteiger partial charge < -0.3 is 9.47 Å². The van der Waals surface area contributed by atoms with Gasteiger partial charge in [0.25, 0.3) is 0 Å². The zero-order chi connectivity index (χ0) is 48.3. The van der Waals surface area contributed by atoms with Gasteiger partial charge in [0.15, 0.2) is 0 Å². The van der Waals surface area contributed by atoms with Crippen molar-refractivity contribution in [3.63, 3.8) is 0 Å². The summed E-state index contributed by atoms with van der Waals surface area (Å²) in [7, 11) is 0. The molecule has 0 amide bonds. The summed E-state index contributed by atoms with van der Waals surface area (Å²) in [6.45, 7) is 4.61. The number of benzene rings is 2. The molecule has 0 N–H and O–H groups in total. The molecule has 3 nitrogen and oxygen atoms in total. The number of unbranched alkanes of at least 4 members (excludes halogenated alkanes) is 46. The number of carbonyl (C=O) groups excluding carboxylic acids is 1. The van der Waals surface area contributed by atoms with Crippen molar-refractivity contribution in [2.75, 3.05) is 0 Å². The Morgan fingerprint density at radius 1 is 0.250 bits per heavy atom. The van der Waals surface area contributed by atoms with Crippen LogP contribution in [0.25, 0.3) is 0 Å². The van der Waals surface area contributed by atoms with Crippen molar-refractivity contribution in [1.82, 2.24) is 0 Å². The summed E-state index contributed by atoms with van der Waals surface area (Å²) < 4.78 is 11.0. The molecule has 0 saturated carbocycles. The highest BCUT2D eigenvalue weighted by Crippen LogP contribution is 2.21. The van der Waals surface area contributed by atoms with Crippen LogP contribution in [0.15, 0.2) is 48.5 Å². The molecule has 0 aliphatic rings. The van der Waals surface area contributed by atoms with Gasteiger partial charge in [-0.3, -0.25) is 0 Å². The first-order chi connectivity index (χ1) is 33.7. The second-order valence-corrected chi connectivity index (χ2v) is 21.5. The van der Waals surface area contributed by atoms with Crippen LogP contribution in [0, 0.1) is 0 Å². The number of aryl methyl sites for hydroxylation is 2. The van der Waals surface area contributed by atoms with Gasteiger partial charge in [-0.1, -0.05) is 333 Å². The van der Waals surface area contributed by atoms with Gasteiger partial charge in [-0.05, 0) is 61.1 Å². The van der Waals surface area contributed by atoms with Gasteiger partial charge in [-0.2, -0.15) is 0 Å². The first-order valence-electron chi connectivity index (χ1n) is 30.8. The van der Waals surface area contributed by atoms with Crippen LogP contribution >= 0.6 is 0 Å². The molecule has 0 aromatic heterocycles. The molecule has 0 aliphatic heterocycles. The molecule has 0 heterocycles. The standard InChI is InChI=1S/C65H114O3/c1-3-5-7-9-11-13-15-17-19-21-23-25-27-29-31-33-35-37-39-41-43-45-47-49-51-61-53-57-63(58-54-61)67-65(66)68-64-59-55-62(56-60-64)52-50-48-46-44-42-40-38-36-34-32-30-28-26-24-22-20-18-16-14-12-10-8-6-4-2/h53-60H,3-52H2,1-2H3. The smallest absolute Gasteiger partial charge is 0.395 e. The first kappa shape index (κ1) is 61.8. The molecule has 392 valence electrons. The van der Waals surface area contributed by atoms with Crippen molar-refractivity contribution in [3.8, 4) is 11.5 Å². The molecule has 0 radical (unpaired) electrons. The van der Waals surface area contributed by atoms with Crippen LogP contribution in [0.4, 0.5) is 4.79 Å². The van der Waals surface area contributed by atoms with Crippen LogP contribution in [0.5, 0.6) is 11.5 Å². The topological polar surface area (TPSA) is 35.5 Å². The zero-order valence-electron chi connectivity index (χ0n) is 45.7. The van der Waals surface area contributed by atoms with E-state index in [1.807, 2.05) is 24.3 Å². The highest BCUT2D eigenvalue weighted by atomic mass is 16.7. The summed E-state index contributed by atoms with van der Waals surface area (Å²) in [5.41, 5.74) is 2.60. The van der Waals surface area contributed by atoms with E-state index >= 15 is 0 Å². The normalized spacial score (nSPS) is 11.4. The maximum atomic E-state index is 12.5. The predicted molar refractivity (Wildman–Crippen MR) is 300 cm³/mol. The van der Waals surface area contributed by atoms with Gasteiger partial charge in [0.05, 0.1) is 0 Å². The SMILES string of the molecule is CCCCCCCCCCCCCCCCCCCCCCCCCCc1ccc(OC(=O)Oc2ccc(CCCCCCCCCCCCCCCCCCCCCCCCCC)cc2)cc1. The van der Waals surface area contributed by atoms with E-state index in [1.165, 1.54) is 319 Å². The van der Waals surface area contributed by atoms with E-state index in [4.69, 9.17) is 9.47 Å². The Hall–Kier alpha value is -2.29. The Bertz CT molecular complexity index is 1200. The molecule has 0 aliphatic carbocycles. The number of hydrogen-bond donors (Lipinski definition) is 0. The van der Waals surface area contributed by atoms with Crippen molar-refractivity contribution in [2.24, 2.45) is 0 Å². The lowest BCUT2D eigenvalue weighted by Crippen LogP contribution is -2.13. The molecular formula is C65H114O3. The Balaban J connectivity index is 1.31. The van der Waals surface area contributed by atoms with Gasteiger partial charge in [0.2, 0.25) is 0 Å². The molecule has 2 aromatic rings. The van der Waals surface area contributed by atoms with E-state index in [1.54, 1.807) is 0 Å². The van der Waals surface area contributed by atoms with Gasteiger partial charge in [-0.15, -0.1) is 0 Å². The van der Waals surface area contributed by atoms with Crippen LogP contribution in [0.2, 0.25) is 0 Å². The van der Waals surface area contributed by atoms with E-state index in [2.05, 4.69) is 38.1 Å². The highest BCUT2D eigenvalue weighted by molar-refractivity contribution is 5.67. The molecule has 3 heteroatoms. The Morgan fingerprint density at radius 2 is 0.412 bits per heavy atom. The fourth-order valence-electron chi connectivity index (χ4n) is 10.2. The van der Waals surface area contributed by atoms with Gasteiger partial charge >= 0.3 is 6.16 Å². The quantitative estimate of drug-likeness (QED) is 0.0377. The molecule has 0 spiro atoms. The largest absolute Gasteiger partial charge is 0.519 e. The Kier molecular flexibility index (Phi) is 45.2. The summed E-state index contributed by atoms with van der Waals surface area (Å²) >= 11 is 0. The number of rotatable bonds is 52. The lowest BCUT2D eigenvalue weighted by Gasteiger charge is -2.08. The summed E-state index contributed by atoms with van der Waals surface area (Å²) in [5, 5.41) is 0. The van der Waals surface area contributed by atoms with E-state index in [9.17, 15) is 4.79 Å². The molecule has 0 saturated heterocycles. The molecule has 2 aromatic carbocycles. The molecule has 0 unspecified atom stereocenters. The molecule has 0 bridgehead atoms. The molecule has 2 rings (SSSR count). The third-order valence-electron chi connectivity index (χ3n) is 14.9. The number of hydrogen-bond acceptors (Lipinski definition) is 3. The van der Waals surface area contributed by atoms with E-state index in [-0.39, 0.29) is 0 Å². The zero-order valence-corrected chi connectivity index (χ0v) is 45.7. The number of ether oxygens (including phenoxy) is 2. The van der Waals surface area contributed by atoms with E-state index in [0.29, 0.717) is 11.5 Å². The minimum atomic E-state index is -0.680. The van der Waals surface area contributed by atoms with Crippen molar-refractivity contribution in [2.45, 2.75) is 335 Å². The molecular weight excluding hydrogens is 829 g/mol. The Labute approximate surface area is 424 Å². The van der Waals surface area contributed by atoms with Crippen molar-refractivity contribution in [1.29, 1.82) is 0 Å². The fourth-order valence-corrected chi connectivity index (χ4v) is 10.2. The van der Waals surface area contributed by atoms with Crippen LogP contribution in [0.3, 0.4) is 0 Å².